The molecule has 5 nitrogen and oxygen atoms in total. The van der Waals surface area contributed by atoms with Gasteiger partial charge >= 0.3 is 5.97 Å². The predicted molar refractivity (Wildman–Crippen MR) is 144 cm³/mol. The number of nitrogens with zero attached hydrogens (tertiary/aromatic N) is 1. The van der Waals surface area contributed by atoms with Gasteiger partial charge in [-0.2, -0.15) is 0 Å². The third kappa shape index (κ3) is 5.59. The van der Waals surface area contributed by atoms with E-state index < -0.39 is 0 Å². The number of hydrogen-bond acceptors (Lipinski definition) is 6. The molecule has 0 aromatic heterocycles. The van der Waals surface area contributed by atoms with E-state index in [1.165, 1.54) is 18.9 Å². The third-order valence-electron chi connectivity index (χ3n) is 6.22. The van der Waals surface area contributed by atoms with Crippen molar-refractivity contribution >= 4 is 69.5 Å². The number of halogens is 2. The summed E-state index contributed by atoms with van der Waals surface area (Å²) in [5.74, 6) is -0.292. The highest BCUT2D eigenvalue weighted by molar-refractivity contribution is 8.26. The number of allylic oxidation sites excluding steroid dienone is 1. The van der Waals surface area contributed by atoms with Crippen LogP contribution < -0.4 is 9.47 Å². The molecule has 1 amide bonds. The maximum absolute atomic E-state index is 13.0. The smallest absolute Gasteiger partial charge is 0.315 e. The Labute approximate surface area is 224 Å². The molecule has 0 bridgehead atoms. The molecule has 0 unspecified atom stereocenters. The van der Waals surface area contributed by atoms with Gasteiger partial charge in [-0.3, -0.25) is 14.5 Å². The van der Waals surface area contributed by atoms with Crippen LogP contribution in [0.15, 0.2) is 64.0 Å². The van der Waals surface area contributed by atoms with Gasteiger partial charge < -0.3 is 9.47 Å². The summed E-state index contributed by atoms with van der Waals surface area (Å²) in [7, 11) is 1.50. The number of benzene rings is 2. The van der Waals surface area contributed by atoms with E-state index in [1.807, 2.05) is 44.2 Å². The van der Waals surface area contributed by atoms with E-state index in [4.69, 9.17) is 44.9 Å². The molecule has 2 fully saturated rings. The SMILES string of the molecule is COc1cc(/C=C2\SC(=S)N(Cc3ccccc3)C2=O)ccc1OC(=O)[C@@H]1[C@@H](C=C(Cl)Cl)C1(C)C. The number of carbonyl (C=O) groups is 2. The van der Waals surface area contributed by atoms with Gasteiger partial charge in [0, 0.05) is 0 Å². The van der Waals surface area contributed by atoms with Gasteiger partial charge in [-0.25, -0.2) is 0 Å². The molecule has 1 heterocycles. The lowest BCUT2D eigenvalue weighted by Gasteiger charge is -2.14. The molecular weight excluding hydrogens is 525 g/mol. The van der Waals surface area contributed by atoms with E-state index in [1.54, 1.807) is 35.3 Å². The van der Waals surface area contributed by atoms with Crippen LogP contribution in [0, 0.1) is 17.3 Å². The molecule has 2 aromatic rings. The van der Waals surface area contributed by atoms with Crippen molar-refractivity contribution in [3.05, 3.63) is 75.1 Å². The van der Waals surface area contributed by atoms with Gasteiger partial charge in [0.2, 0.25) is 0 Å². The van der Waals surface area contributed by atoms with Crippen molar-refractivity contribution in [3.63, 3.8) is 0 Å². The van der Waals surface area contributed by atoms with Crippen molar-refractivity contribution < 1.29 is 19.1 Å². The summed E-state index contributed by atoms with van der Waals surface area (Å²) in [6, 6.07) is 14.8. The summed E-state index contributed by atoms with van der Waals surface area (Å²) in [5, 5.41) is 0. The quantitative estimate of drug-likeness (QED) is 0.168. The lowest BCUT2D eigenvalue weighted by atomic mass is 10.1. The maximum atomic E-state index is 13.0. The average molecular weight is 549 g/mol. The molecule has 2 aromatic carbocycles. The highest BCUT2D eigenvalue weighted by Gasteiger charge is 2.61. The molecule has 9 heteroatoms. The molecular formula is C26H23Cl2NO4S2. The summed E-state index contributed by atoms with van der Waals surface area (Å²) in [5.41, 5.74) is 1.43. The van der Waals surface area contributed by atoms with Crippen molar-refractivity contribution in [2.45, 2.75) is 20.4 Å². The minimum absolute atomic E-state index is 0.0944. The largest absolute Gasteiger partial charge is 0.493 e. The molecule has 1 aliphatic carbocycles. The Bertz CT molecular complexity index is 1240. The van der Waals surface area contributed by atoms with E-state index >= 15 is 0 Å². The Morgan fingerprint density at radius 2 is 1.89 bits per heavy atom. The Morgan fingerprint density at radius 1 is 1.17 bits per heavy atom. The molecule has 0 spiro atoms. The van der Waals surface area contributed by atoms with Crippen LogP contribution in [0.3, 0.4) is 0 Å². The maximum Gasteiger partial charge on any atom is 0.315 e. The molecule has 2 aliphatic rings. The molecule has 4 rings (SSSR count). The molecule has 0 N–H and O–H groups in total. The van der Waals surface area contributed by atoms with E-state index in [9.17, 15) is 9.59 Å². The summed E-state index contributed by atoms with van der Waals surface area (Å²) >= 11 is 18.3. The summed E-state index contributed by atoms with van der Waals surface area (Å²) in [6.45, 7) is 4.35. The fraction of sp³-hybridized carbons (Fsp3) is 0.269. The number of thioether (sulfide) groups is 1. The minimum atomic E-state index is -0.376. The lowest BCUT2D eigenvalue weighted by molar-refractivity contribution is -0.136. The highest BCUT2D eigenvalue weighted by Crippen LogP contribution is 2.60. The number of methoxy groups -OCH3 is 1. The zero-order valence-corrected chi connectivity index (χ0v) is 22.4. The second-order valence-electron chi connectivity index (χ2n) is 8.87. The molecule has 35 heavy (non-hydrogen) atoms. The first-order chi connectivity index (χ1) is 16.6. The van der Waals surface area contributed by atoms with Gasteiger partial charge in [-0.1, -0.05) is 97.4 Å². The fourth-order valence-corrected chi connectivity index (χ4v) is 5.69. The lowest BCUT2D eigenvalue weighted by Crippen LogP contribution is -2.27. The second-order valence-corrected chi connectivity index (χ2v) is 11.5. The molecule has 0 radical (unpaired) electrons. The van der Waals surface area contributed by atoms with Crippen molar-refractivity contribution in [2.24, 2.45) is 17.3 Å². The molecule has 182 valence electrons. The minimum Gasteiger partial charge on any atom is -0.493 e. The number of carbonyl (C=O) groups excluding carboxylic acids is 2. The predicted octanol–water partition coefficient (Wildman–Crippen LogP) is 6.59. The standard InChI is InChI=1S/C26H23Cl2NO4S2/c1-26(2)17(13-21(27)28)22(26)24(31)33-18-10-9-16(11-19(18)32-3)12-20-23(30)29(25(34)35-20)14-15-7-5-4-6-8-15/h4-13,17,22H,14H2,1-3H3/b20-12-/t17-,22+/m1/s1. The monoisotopic (exact) mass is 547 g/mol. The van der Waals surface area contributed by atoms with Gasteiger partial charge in [0.05, 0.1) is 24.5 Å². The number of ether oxygens (including phenoxy) is 2. The first-order valence-corrected chi connectivity index (χ1v) is 12.8. The van der Waals surface area contributed by atoms with Gasteiger partial charge in [-0.05, 0) is 46.7 Å². The molecule has 1 aliphatic heterocycles. The first kappa shape index (κ1) is 25.8. The summed E-state index contributed by atoms with van der Waals surface area (Å²) in [4.78, 5) is 27.9. The zero-order valence-electron chi connectivity index (χ0n) is 19.3. The van der Waals surface area contributed by atoms with Crippen LogP contribution in [0.1, 0.15) is 25.0 Å². The number of rotatable bonds is 7. The van der Waals surface area contributed by atoms with E-state index in [2.05, 4.69) is 0 Å². The van der Waals surface area contributed by atoms with Crippen molar-refractivity contribution in [2.75, 3.05) is 7.11 Å². The molecule has 1 saturated carbocycles. The van der Waals surface area contributed by atoms with Crippen LogP contribution in [-0.2, 0) is 16.1 Å². The number of hydrogen-bond donors (Lipinski definition) is 0. The third-order valence-corrected chi connectivity index (χ3v) is 7.85. The van der Waals surface area contributed by atoms with Gasteiger partial charge in [0.15, 0.2) is 11.5 Å². The van der Waals surface area contributed by atoms with Crippen LogP contribution in [0.4, 0.5) is 0 Å². The summed E-state index contributed by atoms with van der Waals surface area (Å²) < 4.78 is 11.8. The zero-order chi connectivity index (χ0) is 25.3. The van der Waals surface area contributed by atoms with E-state index in [0.29, 0.717) is 27.3 Å². The van der Waals surface area contributed by atoms with Crippen LogP contribution in [-0.4, -0.2) is 28.2 Å². The van der Waals surface area contributed by atoms with E-state index in [0.717, 1.165) is 11.1 Å². The topological polar surface area (TPSA) is 55.8 Å². The van der Waals surface area contributed by atoms with Gasteiger partial charge in [-0.15, -0.1) is 0 Å². The second kappa shape index (κ2) is 10.3. The summed E-state index contributed by atoms with van der Waals surface area (Å²) in [6.07, 6.45) is 3.43. The Balaban J connectivity index is 1.49. The number of thiocarbonyl (C=S) groups is 1. The first-order valence-electron chi connectivity index (χ1n) is 10.8. The fourth-order valence-electron chi connectivity index (χ4n) is 4.16. The van der Waals surface area contributed by atoms with Crippen LogP contribution in [0.5, 0.6) is 11.5 Å². The van der Waals surface area contributed by atoms with Crippen LogP contribution in [0.25, 0.3) is 6.08 Å². The Hall–Kier alpha value is -2.32. The van der Waals surface area contributed by atoms with Crippen molar-refractivity contribution in [1.29, 1.82) is 0 Å². The molecule has 2 atom stereocenters. The van der Waals surface area contributed by atoms with Crippen LogP contribution in [0.2, 0.25) is 0 Å². The van der Waals surface area contributed by atoms with Crippen LogP contribution >= 0.6 is 47.2 Å². The number of amides is 1. The van der Waals surface area contributed by atoms with Gasteiger partial charge in [0.25, 0.3) is 5.91 Å². The van der Waals surface area contributed by atoms with Crippen molar-refractivity contribution in [1.82, 2.24) is 4.90 Å². The average Bonchev–Trinajstić information content (AvgIpc) is 3.25. The Kier molecular flexibility index (Phi) is 7.62. The molecule has 1 saturated heterocycles. The number of esters is 1. The van der Waals surface area contributed by atoms with E-state index in [-0.39, 0.29) is 33.6 Å². The Morgan fingerprint density at radius 3 is 2.54 bits per heavy atom. The van der Waals surface area contributed by atoms with Crippen molar-refractivity contribution in [3.8, 4) is 11.5 Å². The normalized spacial score (nSPS) is 21.7. The highest BCUT2D eigenvalue weighted by atomic mass is 35.5. The van der Waals surface area contributed by atoms with Gasteiger partial charge in [0.1, 0.15) is 8.81 Å².